The summed E-state index contributed by atoms with van der Waals surface area (Å²) in [6.45, 7) is 5.24. The number of carbonyl (C=O) groups is 1. The summed E-state index contributed by atoms with van der Waals surface area (Å²) in [5, 5.41) is 1.96. The Morgan fingerprint density at radius 3 is 2.78 bits per heavy atom. The summed E-state index contributed by atoms with van der Waals surface area (Å²) in [5.41, 5.74) is 2.04. The van der Waals surface area contributed by atoms with Gasteiger partial charge in [0.25, 0.3) is 5.91 Å². The van der Waals surface area contributed by atoms with Crippen molar-refractivity contribution in [3.05, 3.63) is 72.4 Å². The molecule has 5 heteroatoms. The fourth-order valence-corrected chi connectivity index (χ4v) is 3.21. The lowest BCUT2D eigenvalue weighted by atomic mass is 10.1. The number of aromatic nitrogens is 2. The lowest BCUT2D eigenvalue weighted by Gasteiger charge is -2.23. The van der Waals surface area contributed by atoms with Crippen LogP contribution >= 0.6 is 0 Å². The van der Waals surface area contributed by atoms with Gasteiger partial charge in [-0.3, -0.25) is 9.78 Å². The van der Waals surface area contributed by atoms with E-state index < -0.39 is 0 Å². The van der Waals surface area contributed by atoms with Crippen LogP contribution in [0.1, 0.15) is 30.1 Å². The van der Waals surface area contributed by atoms with E-state index in [1.165, 1.54) is 0 Å². The molecule has 4 rings (SSSR count). The van der Waals surface area contributed by atoms with Gasteiger partial charge < -0.3 is 9.32 Å². The number of hydrogen-bond donors (Lipinski definition) is 0. The summed E-state index contributed by atoms with van der Waals surface area (Å²) in [6, 6.07) is 15.3. The molecule has 1 aromatic carbocycles. The molecule has 5 nitrogen and oxygen atoms in total. The van der Waals surface area contributed by atoms with Crippen molar-refractivity contribution in [1.82, 2.24) is 14.9 Å². The number of benzene rings is 1. The Balaban J connectivity index is 1.64. The maximum Gasteiger partial charge on any atom is 0.272 e. The van der Waals surface area contributed by atoms with Crippen molar-refractivity contribution in [2.75, 3.05) is 6.54 Å². The van der Waals surface area contributed by atoms with Crippen molar-refractivity contribution in [2.45, 2.75) is 20.4 Å². The van der Waals surface area contributed by atoms with Gasteiger partial charge in [0, 0.05) is 29.7 Å². The smallest absolute Gasteiger partial charge is 0.272 e. The molecule has 27 heavy (non-hydrogen) atoms. The second kappa shape index (κ2) is 7.19. The van der Waals surface area contributed by atoms with Crippen LogP contribution in [0.2, 0.25) is 0 Å². The Hall–Kier alpha value is -3.21. The van der Waals surface area contributed by atoms with Crippen LogP contribution < -0.4 is 0 Å². The molecule has 3 aromatic heterocycles. The molecule has 136 valence electrons. The molecular weight excluding hydrogens is 338 g/mol. The first-order valence-corrected chi connectivity index (χ1v) is 9.07. The molecule has 0 aliphatic heterocycles. The van der Waals surface area contributed by atoms with E-state index in [0.29, 0.717) is 24.7 Å². The number of carbonyl (C=O) groups excluding carboxylic acids is 1. The molecule has 0 saturated heterocycles. The fourth-order valence-electron chi connectivity index (χ4n) is 3.21. The van der Waals surface area contributed by atoms with Gasteiger partial charge in [-0.2, -0.15) is 0 Å². The number of rotatable bonds is 5. The van der Waals surface area contributed by atoms with Gasteiger partial charge in [0.2, 0.25) is 0 Å². The Morgan fingerprint density at radius 1 is 1.11 bits per heavy atom. The third-order valence-electron chi connectivity index (χ3n) is 4.40. The van der Waals surface area contributed by atoms with E-state index >= 15 is 0 Å². The molecule has 0 N–H and O–H groups in total. The van der Waals surface area contributed by atoms with Crippen molar-refractivity contribution >= 4 is 27.8 Å². The minimum absolute atomic E-state index is 0.0946. The van der Waals surface area contributed by atoms with E-state index in [9.17, 15) is 4.79 Å². The summed E-state index contributed by atoms with van der Waals surface area (Å²) < 4.78 is 5.91. The summed E-state index contributed by atoms with van der Waals surface area (Å²) in [5.74, 6) is 1.01. The van der Waals surface area contributed by atoms with Crippen LogP contribution in [-0.4, -0.2) is 27.3 Å². The van der Waals surface area contributed by atoms with Gasteiger partial charge in [0.1, 0.15) is 17.0 Å². The minimum atomic E-state index is -0.0946. The molecule has 0 aliphatic carbocycles. The first-order chi connectivity index (χ1) is 13.1. The van der Waals surface area contributed by atoms with Crippen molar-refractivity contribution < 1.29 is 9.21 Å². The largest absolute Gasteiger partial charge is 0.459 e. The van der Waals surface area contributed by atoms with Gasteiger partial charge in [-0.25, -0.2) is 4.98 Å². The van der Waals surface area contributed by atoms with E-state index in [1.807, 2.05) is 42.5 Å². The number of hydrogen-bond acceptors (Lipinski definition) is 4. The normalized spacial score (nSPS) is 11.4. The SMILES string of the molecule is CC(C)CN(Cc1cc2ccccc2o1)C(=O)c1ccc2cnccc2n1. The van der Waals surface area contributed by atoms with E-state index in [-0.39, 0.29) is 5.91 Å². The number of amides is 1. The van der Waals surface area contributed by atoms with Gasteiger partial charge in [0.15, 0.2) is 0 Å². The first kappa shape index (κ1) is 17.2. The van der Waals surface area contributed by atoms with E-state index in [2.05, 4.69) is 23.8 Å². The molecule has 3 heterocycles. The third-order valence-corrected chi connectivity index (χ3v) is 4.40. The molecular formula is C22H21N3O2. The molecule has 4 aromatic rings. The van der Waals surface area contributed by atoms with Crippen molar-refractivity contribution in [3.8, 4) is 0 Å². The second-order valence-corrected chi connectivity index (χ2v) is 7.09. The topological polar surface area (TPSA) is 59.2 Å². The zero-order valence-electron chi connectivity index (χ0n) is 15.4. The first-order valence-electron chi connectivity index (χ1n) is 9.07. The van der Waals surface area contributed by atoms with Gasteiger partial charge in [-0.1, -0.05) is 32.0 Å². The predicted octanol–water partition coefficient (Wildman–Crippen LogP) is 4.67. The third kappa shape index (κ3) is 3.67. The van der Waals surface area contributed by atoms with Crippen molar-refractivity contribution in [2.24, 2.45) is 5.92 Å². The predicted molar refractivity (Wildman–Crippen MR) is 105 cm³/mol. The maximum atomic E-state index is 13.1. The Bertz CT molecular complexity index is 1070. The van der Waals surface area contributed by atoms with Gasteiger partial charge in [-0.05, 0) is 36.2 Å². The average molecular weight is 359 g/mol. The van der Waals surface area contributed by atoms with Gasteiger partial charge >= 0.3 is 0 Å². The van der Waals surface area contributed by atoms with Crippen LogP contribution in [0.3, 0.4) is 0 Å². The summed E-state index contributed by atoms with van der Waals surface area (Å²) in [7, 11) is 0. The molecule has 0 spiro atoms. The molecule has 0 saturated carbocycles. The average Bonchev–Trinajstić information content (AvgIpc) is 3.08. The molecule has 0 bridgehead atoms. The monoisotopic (exact) mass is 359 g/mol. The van der Waals surface area contributed by atoms with Crippen LogP contribution in [0.15, 0.2) is 65.3 Å². The zero-order chi connectivity index (χ0) is 18.8. The number of furan rings is 1. The second-order valence-electron chi connectivity index (χ2n) is 7.09. The number of pyridine rings is 2. The Labute approximate surface area is 157 Å². The highest BCUT2D eigenvalue weighted by Gasteiger charge is 2.20. The van der Waals surface area contributed by atoms with Crippen molar-refractivity contribution in [3.63, 3.8) is 0 Å². The Morgan fingerprint density at radius 2 is 1.96 bits per heavy atom. The number of nitrogens with zero attached hydrogens (tertiary/aromatic N) is 3. The summed E-state index contributed by atoms with van der Waals surface area (Å²) in [4.78, 5) is 23.6. The Kier molecular flexibility index (Phi) is 4.59. The zero-order valence-corrected chi connectivity index (χ0v) is 15.4. The quantitative estimate of drug-likeness (QED) is 0.519. The number of fused-ring (bicyclic) bond motifs is 2. The highest BCUT2D eigenvalue weighted by atomic mass is 16.3. The van der Waals surface area contributed by atoms with Crippen LogP contribution in [0.4, 0.5) is 0 Å². The lowest BCUT2D eigenvalue weighted by molar-refractivity contribution is 0.0705. The van der Waals surface area contributed by atoms with E-state index in [1.54, 1.807) is 23.4 Å². The van der Waals surface area contributed by atoms with E-state index in [0.717, 1.165) is 27.6 Å². The van der Waals surface area contributed by atoms with Gasteiger partial charge in [-0.15, -0.1) is 0 Å². The minimum Gasteiger partial charge on any atom is -0.459 e. The lowest BCUT2D eigenvalue weighted by Crippen LogP contribution is -2.34. The fraction of sp³-hybridized carbons (Fsp3) is 0.227. The van der Waals surface area contributed by atoms with Crippen LogP contribution in [0, 0.1) is 5.92 Å². The highest BCUT2D eigenvalue weighted by molar-refractivity contribution is 5.94. The standard InChI is InChI=1S/C22H21N3O2/c1-15(2)13-25(14-18-11-16-5-3-4-6-21(16)27-18)22(26)20-8-7-17-12-23-10-9-19(17)24-20/h3-12,15H,13-14H2,1-2H3. The molecule has 1 amide bonds. The molecule has 0 radical (unpaired) electrons. The number of para-hydroxylation sites is 1. The van der Waals surface area contributed by atoms with Crippen LogP contribution in [-0.2, 0) is 6.54 Å². The molecule has 0 aliphatic rings. The molecule has 0 unspecified atom stereocenters. The van der Waals surface area contributed by atoms with Gasteiger partial charge in [0.05, 0.1) is 12.1 Å². The molecule has 0 fully saturated rings. The maximum absolute atomic E-state index is 13.1. The van der Waals surface area contributed by atoms with Crippen molar-refractivity contribution in [1.29, 1.82) is 0 Å². The highest BCUT2D eigenvalue weighted by Crippen LogP contribution is 2.21. The summed E-state index contributed by atoms with van der Waals surface area (Å²) >= 11 is 0. The summed E-state index contributed by atoms with van der Waals surface area (Å²) in [6.07, 6.45) is 3.43. The van der Waals surface area contributed by atoms with Crippen LogP contribution in [0.5, 0.6) is 0 Å². The molecule has 0 atom stereocenters. The van der Waals surface area contributed by atoms with Crippen LogP contribution in [0.25, 0.3) is 21.9 Å². The van der Waals surface area contributed by atoms with E-state index in [4.69, 9.17) is 4.42 Å².